The normalized spacial score (nSPS) is 10.3. The molecule has 0 unspecified atom stereocenters. The number of rotatable bonds is 4. The molecular weight excluding hydrogens is 279 g/mol. The van der Waals surface area contributed by atoms with Gasteiger partial charge in [0.05, 0.1) is 0 Å². The van der Waals surface area contributed by atoms with Crippen LogP contribution >= 0.6 is 11.3 Å². The summed E-state index contributed by atoms with van der Waals surface area (Å²) in [7, 11) is 1.87. The number of anilines is 3. The number of hydrogen-bond acceptors (Lipinski definition) is 5. The van der Waals surface area contributed by atoms with Crippen LogP contribution in [0.25, 0.3) is 0 Å². The van der Waals surface area contributed by atoms with E-state index in [0.717, 1.165) is 6.54 Å². The summed E-state index contributed by atoms with van der Waals surface area (Å²) in [5.74, 6) is -0.618. The van der Waals surface area contributed by atoms with E-state index in [9.17, 15) is 9.18 Å². The monoisotopic (exact) mass is 294 g/mol. The Kier molecular flexibility index (Phi) is 4.19. The first kappa shape index (κ1) is 14.3. The molecule has 1 amide bonds. The van der Waals surface area contributed by atoms with Crippen LogP contribution in [0.2, 0.25) is 0 Å². The van der Waals surface area contributed by atoms with E-state index in [2.05, 4.69) is 10.3 Å². The van der Waals surface area contributed by atoms with Crippen molar-refractivity contribution in [3.05, 3.63) is 35.0 Å². The highest BCUT2D eigenvalue weighted by Crippen LogP contribution is 2.28. The molecule has 0 aliphatic heterocycles. The fraction of sp³-hybridized carbons (Fsp3) is 0.231. The Labute approximate surface area is 120 Å². The third kappa shape index (κ3) is 3.05. The van der Waals surface area contributed by atoms with Gasteiger partial charge in [-0.2, -0.15) is 0 Å². The molecule has 0 spiro atoms. The highest BCUT2D eigenvalue weighted by atomic mass is 32.1. The Morgan fingerprint density at radius 2 is 2.30 bits per heavy atom. The van der Waals surface area contributed by atoms with Gasteiger partial charge in [-0.3, -0.25) is 4.79 Å². The molecule has 3 N–H and O–H groups in total. The molecule has 1 heterocycles. The van der Waals surface area contributed by atoms with Crippen LogP contribution < -0.4 is 16.0 Å². The van der Waals surface area contributed by atoms with Crippen molar-refractivity contribution in [1.82, 2.24) is 4.98 Å². The zero-order valence-electron chi connectivity index (χ0n) is 11.2. The predicted octanol–water partition coefficient (Wildman–Crippen LogP) is 2.57. The minimum Gasteiger partial charge on any atom is -0.382 e. The number of benzene rings is 1. The molecule has 2 aromatic rings. The molecule has 0 atom stereocenters. The van der Waals surface area contributed by atoms with E-state index in [1.807, 2.05) is 18.9 Å². The van der Waals surface area contributed by atoms with E-state index >= 15 is 0 Å². The molecule has 0 radical (unpaired) electrons. The lowest BCUT2D eigenvalue weighted by atomic mass is 10.3. The number of aromatic nitrogens is 1. The van der Waals surface area contributed by atoms with Crippen molar-refractivity contribution in [2.24, 2.45) is 0 Å². The van der Waals surface area contributed by atoms with Gasteiger partial charge in [-0.1, -0.05) is 17.4 Å². The van der Waals surface area contributed by atoms with E-state index < -0.39 is 5.82 Å². The zero-order chi connectivity index (χ0) is 14.7. The van der Waals surface area contributed by atoms with Gasteiger partial charge in [0.15, 0.2) is 5.13 Å². The number of nitrogen functional groups attached to an aromatic ring is 1. The van der Waals surface area contributed by atoms with Crippen LogP contribution in [-0.4, -0.2) is 24.5 Å². The van der Waals surface area contributed by atoms with Crippen molar-refractivity contribution in [3.63, 3.8) is 0 Å². The number of amides is 1. The second-order valence-corrected chi connectivity index (χ2v) is 5.17. The Morgan fingerprint density at radius 1 is 1.55 bits per heavy atom. The molecule has 20 heavy (non-hydrogen) atoms. The summed E-state index contributed by atoms with van der Waals surface area (Å²) in [5, 5.41) is 3.28. The number of thiazole rings is 1. The summed E-state index contributed by atoms with van der Waals surface area (Å²) < 4.78 is 13.1. The summed E-state index contributed by atoms with van der Waals surface area (Å²) in [5.41, 5.74) is 6.14. The number of nitrogens with one attached hydrogen (secondary N) is 1. The molecule has 0 bridgehead atoms. The SMILES string of the molecule is CCN(C)c1nc(N)c(C(=O)Nc2cccc(F)c2)s1. The number of carbonyl (C=O) groups excluding carboxylic acids is 1. The van der Waals surface area contributed by atoms with Crippen molar-refractivity contribution in [3.8, 4) is 0 Å². The summed E-state index contributed by atoms with van der Waals surface area (Å²) >= 11 is 1.21. The third-order valence-corrected chi connectivity index (χ3v) is 3.92. The van der Waals surface area contributed by atoms with E-state index in [4.69, 9.17) is 5.73 Å². The largest absolute Gasteiger partial charge is 0.382 e. The highest BCUT2D eigenvalue weighted by Gasteiger charge is 2.17. The number of nitrogens with zero attached hydrogens (tertiary/aromatic N) is 2. The van der Waals surface area contributed by atoms with Crippen LogP contribution in [0.5, 0.6) is 0 Å². The lowest BCUT2D eigenvalue weighted by Gasteiger charge is -2.10. The maximum Gasteiger partial charge on any atom is 0.269 e. The fourth-order valence-corrected chi connectivity index (χ4v) is 2.44. The molecule has 0 saturated carbocycles. The van der Waals surface area contributed by atoms with Gasteiger partial charge in [0.2, 0.25) is 0 Å². The number of halogens is 1. The average Bonchev–Trinajstić information content (AvgIpc) is 2.80. The first-order valence-corrected chi connectivity index (χ1v) is 6.87. The van der Waals surface area contributed by atoms with Crippen LogP contribution in [0.15, 0.2) is 24.3 Å². The summed E-state index contributed by atoms with van der Waals surface area (Å²) in [4.78, 5) is 18.5. The molecule has 1 aromatic carbocycles. The molecular formula is C13H15FN4OS. The smallest absolute Gasteiger partial charge is 0.269 e. The quantitative estimate of drug-likeness (QED) is 0.909. The molecule has 106 valence electrons. The fourth-order valence-electron chi connectivity index (χ4n) is 1.54. The average molecular weight is 294 g/mol. The van der Waals surface area contributed by atoms with E-state index in [-0.39, 0.29) is 11.7 Å². The first-order chi connectivity index (χ1) is 9.51. The van der Waals surface area contributed by atoms with Crippen molar-refractivity contribution in [2.45, 2.75) is 6.92 Å². The Hall–Kier alpha value is -2.15. The predicted molar refractivity (Wildman–Crippen MR) is 79.8 cm³/mol. The topological polar surface area (TPSA) is 71.2 Å². The molecule has 0 aliphatic rings. The summed E-state index contributed by atoms with van der Waals surface area (Å²) in [6.07, 6.45) is 0. The van der Waals surface area contributed by atoms with Gasteiger partial charge in [0.1, 0.15) is 16.5 Å². The van der Waals surface area contributed by atoms with Crippen molar-refractivity contribution in [2.75, 3.05) is 29.5 Å². The van der Waals surface area contributed by atoms with Gasteiger partial charge in [-0.05, 0) is 25.1 Å². The van der Waals surface area contributed by atoms with E-state index in [0.29, 0.717) is 15.7 Å². The van der Waals surface area contributed by atoms with Crippen LogP contribution in [-0.2, 0) is 0 Å². The van der Waals surface area contributed by atoms with E-state index in [1.165, 1.54) is 29.5 Å². The third-order valence-electron chi connectivity index (χ3n) is 2.73. The molecule has 2 rings (SSSR count). The van der Waals surface area contributed by atoms with Crippen LogP contribution in [0.1, 0.15) is 16.6 Å². The highest BCUT2D eigenvalue weighted by molar-refractivity contribution is 7.18. The zero-order valence-corrected chi connectivity index (χ0v) is 12.0. The maximum absolute atomic E-state index is 13.1. The van der Waals surface area contributed by atoms with Crippen molar-refractivity contribution >= 4 is 33.9 Å². The maximum atomic E-state index is 13.1. The van der Waals surface area contributed by atoms with Gasteiger partial charge in [-0.15, -0.1) is 0 Å². The Morgan fingerprint density at radius 3 is 2.95 bits per heavy atom. The van der Waals surface area contributed by atoms with Crippen LogP contribution in [0, 0.1) is 5.82 Å². The van der Waals surface area contributed by atoms with Gasteiger partial charge >= 0.3 is 0 Å². The van der Waals surface area contributed by atoms with Gasteiger partial charge < -0.3 is 16.0 Å². The van der Waals surface area contributed by atoms with Crippen molar-refractivity contribution < 1.29 is 9.18 Å². The van der Waals surface area contributed by atoms with Crippen LogP contribution in [0.3, 0.4) is 0 Å². The second kappa shape index (κ2) is 5.87. The lowest BCUT2D eigenvalue weighted by molar-refractivity contribution is 0.103. The molecule has 0 saturated heterocycles. The number of hydrogen-bond donors (Lipinski definition) is 2. The first-order valence-electron chi connectivity index (χ1n) is 6.05. The Bertz CT molecular complexity index is 629. The minimum atomic E-state index is -0.411. The Balaban J connectivity index is 2.19. The van der Waals surface area contributed by atoms with Gasteiger partial charge in [0, 0.05) is 19.3 Å². The standard InChI is InChI=1S/C13H15FN4OS/c1-3-18(2)13-17-11(15)10(20-13)12(19)16-9-6-4-5-8(14)7-9/h4-7H,3,15H2,1-2H3,(H,16,19). The molecule has 5 nitrogen and oxygen atoms in total. The molecule has 0 fully saturated rings. The number of nitrogens with two attached hydrogens (primary N) is 1. The lowest BCUT2D eigenvalue weighted by Crippen LogP contribution is -2.15. The molecule has 7 heteroatoms. The van der Waals surface area contributed by atoms with Gasteiger partial charge in [-0.25, -0.2) is 9.37 Å². The van der Waals surface area contributed by atoms with E-state index in [1.54, 1.807) is 6.07 Å². The summed E-state index contributed by atoms with van der Waals surface area (Å²) in [6.45, 7) is 2.74. The summed E-state index contributed by atoms with van der Waals surface area (Å²) in [6, 6.07) is 5.69. The minimum absolute atomic E-state index is 0.180. The molecule has 1 aromatic heterocycles. The van der Waals surface area contributed by atoms with Crippen molar-refractivity contribution in [1.29, 1.82) is 0 Å². The van der Waals surface area contributed by atoms with Crippen LogP contribution in [0.4, 0.5) is 21.0 Å². The number of carbonyl (C=O) groups is 1. The van der Waals surface area contributed by atoms with Gasteiger partial charge in [0.25, 0.3) is 5.91 Å². The second-order valence-electron chi connectivity index (χ2n) is 4.19. The molecule has 0 aliphatic carbocycles.